The van der Waals surface area contributed by atoms with Gasteiger partial charge in [0.15, 0.2) is 0 Å². The summed E-state index contributed by atoms with van der Waals surface area (Å²) in [6.45, 7) is 9.37. The highest BCUT2D eigenvalue weighted by molar-refractivity contribution is 5.33. The third kappa shape index (κ3) is 2.88. The Morgan fingerprint density at radius 1 is 1.35 bits per heavy atom. The molecule has 1 fully saturated rings. The van der Waals surface area contributed by atoms with Gasteiger partial charge in [0, 0.05) is 25.1 Å². The molecule has 1 aromatic carbocycles. The van der Waals surface area contributed by atoms with Crippen molar-refractivity contribution < 1.29 is 4.74 Å². The molecule has 1 aromatic rings. The van der Waals surface area contributed by atoms with Gasteiger partial charge in [0.25, 0.3) is 0 Å². The summed E-state index contributed by atoms with van der Waals surface area (Å²) in [6, 6.07) is 8.89. The van der Waals surface area contributed by atoms with Crippen molar-refractivity contribution in [1.29, 1.82) is 0 Å². The second-order valence-electron chi connectivity index (χ2n) is 5.42. The van der Waals surface area contributed by atoms with E-state index in [1.807, 2.05) is 0 Å². The SMILES string of the molecule is Cc1cccc(C2(CCOC(C)C)CNC2)c1. The largest absolute Gasteiger partial charge is 0.379 e. The normalized spacial score (nSPS) is 18.1. The van der Waals surface area contributed by atoms with E-state index in [2.05, 4.69) is 50.4 Å². The Balaban J connectivity index is 2.04. The van der Waals surface area contributed by atoms with E-state index in [0.29, 0.717) is 11.5 Å². The lowest BCUT2D eigenvalue weighted by Gasteiger charge is -2.43. The van der Waals surface area contributed by atoms with Crippen LogP contribution in [-0.4, -0.2) is 25.8 Å². The molecule has 2 heteroatoms. The van der Waals surface area contributed by atoms with Gasteiger partial charge in [-0.1, -0.05) is 29.8 Å². The molecule has 2 nitrogen and oxygen atoms in total. The number of benzene rings is 1. The van der Waals surface area contributed by atoms with E-state index in [1.165, 1.54) is 11.1 Å². The Kier molecular flexibility index (Phi) is 3.85. The first-order chi connectivity index (χ1) is 8.12. The quantitative estimate of drug-likeness (QED) is 0.844. The summed E-state index contributed by atoms with van der Waals surface area (Å²) in [5.41, 5.74) is 3.11. The summed E-state index contributed by atoms with van der Waals surface area (Å²) in [7, 11) is 0. The highest BCUT2D eigenvalue weighted by Gasteiger charge is 2.38. The average molecular weight is 233 g/mol. The summed E-state index contributed by atoms with van der Waals surface area (Å²) < 4.78 is 5.70. The molecule has 0 atom stereocenters. The van der Waals surface area contributed by atoms with Crippen LogP contribution in [0.3, 0.4) is 0 Å². The number of hydrogen-bond donors (Lipinski definition) is 1. The average Bonchev–Trinajstić information content (AvgIpc) is 2.21. The van der Waals surface area contributed by atoms with Crippen molar-refractivity contribution in [3.8, 4) is 0 Å². The third-order valence-electron chi connectivity index (χ3n) is 3.59. The minimum Gasteiger partial charge on any atom is -0.379 e. The lowest BCUT2D eigenvalue weighted by Crippen LogP contribution is -2.57. The monoisotopic (exact) mass is 233 g/mol. The van der Waals surface area contributed by atoms with Crippen molar-refractivity contribution in [2.45, 2.75) is 38.7 Å². The minimum absolute atomic E-state index is 0.306. The van der Waals surface area contributed by atoms with Gasteiger partial charge in [0.2, 0.25) is 0 Å². The summed E-state index contributed by atoms with van der Waals surface area (Å²) in [4.78, 5) is 0. The van der Waals surface area contributed by atoms with Crippen molar-refractivity contribution >= 4 is 0 Å². The number of rotatable bonds is 5. The second kappa shape index (κ2) is 5.19. The fourth-order valence-corrected chi connectivity index (χ4v) is 2.42. The van der Waals surface area contributed by atoms with E-state index < -0.39 is 0 Å². The van der Waals surface area contributed by atoms with E-state index in [4.69, 9.17) is 4.74 Å². The zero-order valence-electron chi connectivity index (χ0n) is 11.1. The van der Waals surface area contributed by atoms with Gasteiger partial charge in [-0.15, -0.1) is 0 Å². The second-order valence-corrected chi connectivity index (χ2v) is 5.42. The van der Waals surface area contributed by atoms with E-state index in [0.717, 1.165) is 26.1 Å². The predicted octanol–water partition coefficient (Wildman–Crippen LogP) is 2.65. The molecule has 0 radical (unpaired) electrons. The van der Waals surface area contributed by atoms with Crippen LogP contribution in [0.4, 0.5) is 0 Å². The van der Waals surface area contributed by atoms with Crippen LogP contribution in [0.25, 0.3) is 0 Å². The Hall–Kier alpha value is -0.860. The molecule has 0 saturated carbocycles. The van der Waals surface area contributed by atoms with Crippen LogP contribution in [0.5, 0.6) is 0 Å². The van der Waals surface area contributed by atoms with Gasteiger partial charge in [-0.3, -0.25) is 0 Å². The van der Waals surface area contributed by atoms with Gasteiger partial charge in [0.05, 0.1) is 6.10 Å². The molecule has 1 saturated heterocycles. The number of nitrogens with one attached hydrogen (secondary N) is 1. The Labute approximate surface area is 104 Å². The standard InChI is InChI=1S/C15H23NO/c1-12(2)17-8-7-15(10-16-11-15)14-6-4-5-13(3)9-14/h4-6,9,12,16H,7-8,10-11H2,1-3H3. The molecule has 1 N–H and O–H groups in total. The third-order valence-corrected chi connectivity index (χ3v) is 3.59. The number of aryl methyl sites for hydroxylation is 1. The first-order valence-corrected chi connectivity index (χ1v) is 6.52. The first-order valence-electron chi connectivity index (χ1n) is 6.52. The van der Waals surface area contributed by atoms with Crippen molar-refractivity contribution in [2.75, 3.05) is 19.7 Å². The smallest absolute Gasteiger partial charge is 0.0518 e. The molecule has 0 spiro atoms. The van der Waals surface area contributed by atoms with Crippen LogP contribution in [0, 0.1) is 6.92 Å². The number of ether oxygens (including phenoxy) is 1. The lowest BCUT2D eigenvalue weighted by molar-refractivity contribution is 0.0556. The molecule has 1 aliphatic heterocycles. The summed E-state index contributed by atoms with van der Waals surface area (Å²) in [5, 5.41) is 3.40. The van der Waals surface area contributed by atoms with Crippen molar-refractivity contribution in [2.24, 2.45) is 0 Å². The van der Waals surface area contributed by atoms with Gasteiger partial charge in [-0.25, -0.2) is 0 Å². The van der Waals surface area contributed by atoms with Crippen LogP contribution in [0.15, 0.2) is 24.3 Å². The Bertz CT molecular complexity index is 369. The molecule has 1 aliphatic rings. The molecule has 2 rings (SSSR count). The van der Waals surface area contributed by atoms with Crippen molar-refractivity contribution in [3.63, 3.8) is 0 Å². The summed E-state index contributed by atoms with van der Waals surface area (Å²) >= 11 is 0. The van der Waals surface area contributed by atoms with Crippen molar-refractivity contribution in [1.82, 2.24) is 5.32 Å². The molecule has 0 unspecified atom stereocenters. The molecule has 0 aromatic heterocycles. The molecular formula is C15H23NO. The zero-order chi connectivity index (χ0) is 12.3. The molecule has 0 amide bonds. The molecule has 0 bridgehead atoms. The highest BCUT2D eigenvalue weighted by Crippen LogP contribution is 2.32. The van der Waals surface area contributed by atoms with Crippen LogP contribution < -0.4 is 5.32 Å². The molecule has 0 aliphatic carbocycles. The fraction of sp³-hybridized carbons (Fsp3) is 0.600. The highest BCUT2D eigenvalue weighted by atomic mass is 16.5. The Morgan fingerprint density at radius 2 is 2.12 bits per heavy atom. The van der Waals surface area contributed by atoms with Gasteiger partial charge in [-0.05, 0) is 32.8 Å². The minimum atomic E-state index is 0.306. The van der Waals surface area contributed by atoms with Crippen LogP contribution >= 0.6 is 0 Å². The summed E-state index contributed by atoms with van der Waals surface area (Å²) in [6.07, 6.45) is 1.44. The van der Waals surface area contributed by atoms with Crippen LogP contribution in [0.2, 0.25) is 0 Å². The molecule has 1 heterocycles. The zero-order valence-corrected chi connectivity index (χ0v) is 11.1. The maximum absolute atomic E-state index is 5.70. The van der Waals surface area contributed by atoms with Crippen LogP contribution in [0.1, 0.15) is 31.4 Å². The maximum atomic E-state index is 5.70. The molecular weight excluding hydrogens is 210 g/mol. The molecule has 17 heavy (non-hydrogen) atoms. The first kappa shape index (κ1) is 12.6. The Morgan fingerprint density at radius 3 is 2.65 bits per heavy atom. The lowest BCUT2D eigenvalue weighted by atomic mass is 9.72. The van der Waals surface area contributed by atoms with E-state index in [9.17, 15) is 0 Å². The van der Waals surface area contributed by atoms with Gasteiger partial charge in [-0.2, -0.15) is 0 Å². The number of hydrogen-bond acceptors (Lipinski definition) is 2. The van der Waals surface area contributed by atoms with Crippen LogP contribution in [-0.2, 0) is 10.2 Å². The van der Waals surface area contributed by atoms with Gasteiger partial charge >= 0.3 is 0 Å². The fourth-order valence-electron chi connectivity index (χ4n) is 2.42. The summed E-state index contributed by atoms with van der Waals surface area (Å²) in [5.74, 6) is 0. The predicted molar refractivity (Wildman–Crippen MR) is 71.4 cm³/mol. The van der Waals surface area contributed by atoms with Crippen molar-refractivity contribution in [3.05, 3.63) is 35.4 Å². The van der Waals surface area contributed by atoms with E-state index in [1.54, 1.807) is 0 Å². The maximum Gasteiger partial charge on any atom is 0.0518 e. The molecule has 94 valence electrons. The topological polar surface area (TPSA) is 21.3 Å². The van der Waals surface area contributed by atoms with E-state index >= 15 is 0 Å². The van der Waals surface area contributed by atoms with Gasteiger partial charge in [0.1, 0.15) is 0 Å². The van der Waals surface area contributed by atoms with Gasteiger partial charge < -0.3 is 10.1 Å². The van der Waals surface area contributed by atoms with E-state index in [-0.39, 0.29) is 0 Å².